The van der Waals surface area contributed by atoms with Crippen molar-refractivity contribution in [1.29, 1.82) is 0 Å². The lowest BCUT2D eigenvalue weighted by molar-refractivity contribution is 0.0695. The van der Waals surface area contributed by atoms with Crippen molar-refractivity contribution in [3.8, 4) is 5.75 Å². The Morgan fingerprint density at radius 2 is 2.05 bits per heavy atom. The molecule has 2 aliphatic rings. The number of rotatable bonds is 2. The van der Waals surface area contributed by atoms with E-state index in [4.69, 9.17) is 9.84 Å². The maximum atomic E-state index is 12.1. The molecule has 0 spiro atoms. The first-order chi connectivity index (χ1) is 9.63. The van der Waals surface area contributed by atoms with Crippen molar-refractivity contribution < 1.29 is 19.4 Å². The van der Waals surface area contributed by atoms with Gasteiger partial charge in [-0.05, 0) is 43.0 Å². The zero-order valence-corrected chi connectivity index (χ0v) is 11.1. The van der Waals surface area contributed by atoms with Gasteiger partial charge in [0.2, 0.25) is 0 Å². The number of hydrogen-bond donors (Lipinski definition) is 1. The molecule has 1 fully saturated rings. The molecule has 1 aliphatic heterocycles. The Hall–Kier alpha value is -2.10. The molecule has 1 N–H and O–H groups in total. The average Bonchev–Trinajstić information content (AvgIpc) is 2.91. The highest BCUT2D eigenvalue weighted by atomic mass is 16.5. The molecule has 0 radical (unpaired) electrons. The lowest BCUT2D eigenvalue weighted by Crippen LogP contribution is -2.15. The third-order valence-electron chi connectivity index (χ3n) is 3.93. The predicted octanol–water partition coefficient (Wildman–Crippen LogP) is 3.42. The van der Waals surface area contributed by atoms with Gasteiger partial charge in [0.1, 0.15) is 11.5 Å². The number of fused-ring (bicyclic) bond motifs is 1. The van der Waals surface area contributed by atoms with Crippen LogP contribution in [0.5, 0.6) is 5.75 Å². The fraction of sp³-hybridized carbons (Fsp3) is 0.375. The number of benzene rings is 1. The lowest BCUT2D eigenvalue weighted by atomic mass is 9.99. The van der Waals surface area contributed by atoms with Gasteiger partial charge in [0.25, 0.3) is 0 Å². The molecule has 1 aliphatic carbocycles. The number of allylic oxidation sites excluding steroid dienone is 2. The van der Waals surface area contributed by atoms with E-state index in [0.717, 1.165) is 12.8 Å². The number of ketones is 1. The highest BCUT2D eigenvalue weighted by Crippen LogP contribution is 2.33. The molecule has 3 rings (SSSR count). The summed E-state index contributed by atoms with van der Waals surface area (Å²) in [6, 6.07) is 4.40. The van der Waals surface area contributed by atoms with E-state index in [2.05, 4.69) is 0 Å². The number of carboxylic acid groups (broad SMARTS) is 1. The van der Waals surface area contributed by atoms with E-state index in [1.54, 1.807) is 0 Å². The van der Waals surface area contributed by atoms with Gasteiger partial charge in [0.05, 0.1) is 17.5 Å². The van der Waals surface area contributed by atoms with Crippen LogP contribution < -0.4 is 4.74 Å². The molecule has 1 aromatic rings. The molecule has 4 heteroatoms. The lowest BCUT2D eigenvalue weighted by Gasteiger charge is -2.20. The molecule has 0 saturated heterocycles. The number of hydrogen-bond acceptors (Lipinski definition) is 3. The minimum atomic E-state index is -1.02. The van der Waals surface area contributed by atoms with Gasteiger partial charge in [-0.2, -0.15) is 0 Å². The van der Waals surface area contributed by atoms with Crippen molar-refractivity contribution in [2.24, 2.45) is 5.92 Å². The van der Waals surface area contributed by atoms with Crippen LogP contribution in [0, 0.1) is 5.92 Å². The average molecular weight is 272 g/mol. The molecule has 0 aromatic heterocycles. The fourth-order valence-electron chi connectivity index (χ4n) is 2.88. The highest BCUT2D eigenvalue weighted by molar-refractivity contribution is 6.02. The van der Waals surface area contributed by atoms with Crippen molar-refractivity contribution in [3.63, 3.8) is 0 Å². The van der Waals surface area contributed by atoms with Crippen molar-refractivity contribution in [3.05, 3.63) is 41.2 Å². The first-order valence-corrected chi connectivity index (χ1v) is 6.92. The highest BCUT2D eigenvalue weighted by Gasteiger charge is 2.25. The van der Waals surface area contributed by atoms with Gasteiger partial charge in [0, 0.05) is 0 Å². The number of aromatic carboxylic acids is 1. The third kappa shape index (κ3) is 2.46. The second kappa shape index (κ2) is 5.12. The van der Waals surface area contributed by atoms with E-state index in [1.165, 1.54) is 31.0 Å². The Morgan fingerprint density at radius 1 is 1.30 bits per heavy atom. The predicted molar refractivity (Wildman–Crippen MR) is 73.0 cm³/mol. The van der Waals surface area contributed by atoms with Crippen LogP contribution in [0.4, 0.5) is 0 Å². The van der Waals surface area contributed by atoms with Crippen LogP contribution >= 0.6 is 0 Å². The van der Waals surface area contributed by atoms with E-state index in [0.29, 0.717) is 23.0 Å². The van der Waals surface area contributed by atoms with E-state index >= 15 is 0 Å². The quantitative estimate of drug-likeness (QED) is 0.895. The minimum Gasteiger partial charge on any atom is -0.478 e. The monoisotopic (exact) mass is 272 g/mol. The van der Waals surface area contributed by atoms with Crippen molar-refractivity contribution >= 4 is 11.8 Å². The zero-order valence-electron chi connectivity index (χ0n) is 11.1. The molecule has 20 heavy (non-hydrogen) atoms. The normalized spacial score (nSPS) is 20.8. The second-order valence-electron chi connectivity index (χ2n) is 5.40. The molecular weight excluding hydrogens is 256 g/mol. The summed E-state index contributed by atoms with van der Waals surface area (Å²) in [4.78, 5) is 23.1. The van der Waals surface area contributed by atoms with Crippen LogP contribution in [0.2, 0.25) is 0 Å². The summed E-state index contributed by atoms with van der Waals surface area (Å²) in [7, 11) is 0. The van der Waals surface area contributed by atoms with E-state index in [1.807, 2.05) is 6.08 Å². The first kappa shape index (κ1) is 12.9. The summed E-state index contributed by atoms with van der Waals surface area (Å²) in [6.45, 7) is 0. The second-order valence-corrected chi connectivity index (χ2v) is 5.40. The Balaban J connectivity index is 1.90. The zero-order chi connectivity index (χ0) is 14.1. The first-order valence-electron chi connectivity index (χ1n) is 6.92. The number of Topliss-reactive ketones (excluding diaryl/α,β-unsaturated/α-hetero) is 1. The summed E-state index contributed by atoms with van der Waals surface area (Å²) < 4.78 is 5.73. The Labute approximate surface area is 117 Å². The van der Waals surface area contributed by atoms with Crippen LogP contribution in [0.1, 0.15) is 52.8 Å². The SMILES string of the molecule is O=C(O)c1ccc2c(c1)OC(=CC1CCCC1)CC2=O. The summed E-state index contributed by atoms with van der Waals surface area (Å²) in [6.07, 6.45) is 7.05. The van der Waals surface area contributed by atoms with Gasteiger partial charge >= 0.3 is 5.97 Å². The van der Waals surface area contributed by atoms with Crippen LogP contribution in [0.3, 0.4) is 0 Å². The fourth-order valence-corrected chi connectivity index (χ4v) is 2.88. The number of carbonyl (C=O) groups excluding carboxylic acids is 1. The van der Waals surface area contributed by atoms with Crippen molar-refractivity contribution in [1.82, 2.24) is 0 Å². The summed E-state index contributed by atoms with van der Waals surface area (Å²) in [5.74, 6) is 0.493. The van der Waals surface area contributed by atoms with Gasteiger partial charge in [-0.1, -0.05) is 12.8 Å². The number of carbonyl (C=O) groups is 2. The van der Waals surface area contributed by atoms with Crippen molar-refractivity contribution in [2.45, 2.75) is 32.1 Å². The van der Waals surface area contributed by atoms with Crippen molar-refractivity contribution in [2.75, 3.05) is 0 Å². The molecule has 4 nitrogen and oxygen atoms in total. The third-order valence-corrected chi connectivity index (χ3v) is 3.93. The molecule has 1 aromatic carbocycles. The smallest absolute Gasteiger partial charge is 0.335 e. The Kier molecular flexibility index (Phi) is 3.30. The van der Waals surface area contributed by atoms with Gasteiger partial charge in [-0.25, -0.2) is 4.79 Å². The van der Waals surface area contributed by atoms with Crippen LogP contribution in [0.15, 0.2) is 30.0 Å². The van der Waals surface area contributed by atoms with Crippen LogP contribution in [0.25, 0.3) is 0 Å². The molecule has 1 saturated carbocycles. The molecule has 104 valence electrons. The van der Waals surface area contributed by atoms with E-state index in [-0.39, 0.29) is 17.8 Å². The minimum absolute atomic E-state index is 0.00700. The topological polar surface area (TPSA) is 63.6 Å². The van der Waals surface area contributed by atoms with Gasteiger partial charge in [0.15, 0.2) is 5.78 Å². The van der Waals surface area contributed by atoms with Crippen LogP contribution in [-0.2, 0) is 0 Å². The summed E-state index contributed by atoms with van der Waals surface area (Å²) in [5.41, 5.74) is 0.609. The van der Waals surface area contributed by atoms with E-state index < -0.39 is 5.97 Å². The Morgan fingerprint density at radius 3 is 2.75 bits per heavy atom. The molecular formula is C16H16O4. The largest absolute Gasteiger partial charge is 0.478 e. The number of ether oxygens (including phenoxy) is 1. The standard InChI is InChI=1S/C16H16O4/c17-14-9-12(7-10-3-1-2-4-10)20-15-8-11(16(18)19)5-6-13(14)15/h5-8,10H,1-4,9H2,(H,18,19). The molecule has 0 unspecified atom stereocenters. The molecule has 1 heterocycles. The number of carboxylic acids is 1. The summed E-state index contributed by atoms with van der Waals surface area (Å²) in [5, 5.41) is 8.99. The molecule has 0 bridgehead atoms. The molecule has 0 amide bonds. The molecule has 0 atom stereocenters. The maximum absolute atomic E-state index is 12.1. The van der Waals surface area contributed by atoms with E-state index in [9.17, 15) is 9.59 Å². The Bertz CT molecular complexity index is 594. The van der Waals surface area contributed by atoms with Gasteiger partial charge in [-0.3, -0.25) is 4.79 Å². The van der Waals surface area contributed by atoms with Gasteiger partial charge < -0.3 is 9.84 Å². The van der Waals surface area contributed by atoms with Crippen LogP contribution in [-0.4, -0.2) is 16.9 Å². The summed E-state index contributed by atoms with van der Waals surface area (Å²) >= 11 is 0. The van der Waals surface area contributed by atoms with Gasteiger partial charge in [-0.15, -0.1) is 0 Å². The maximum Gasteiger partial charge on any atom is 0.335 e.